The summed E-state index contributed by atoms with van der Waals surface area (Å²) in [6.07, 6.45) is 2.42. The van der Waals surface area contributed by atoms with Gasteiger partial charge in [0.05, 0.1) is 11.6 Å². The number of hydrogen-bond acceptors (Lipinski definition) is 4. The van der Waals surface area contributed by atoms with Gasteiger partial charge < -0.3 is 4.98 Å². The Morgan fingerprint density at radius 2 is 1.69 bits per heavy atom. The number of hydrogen-bond donors (Lipinski definition) is 2. The molecular formula is C28H23BrN4O3. The summed E-state index contributed by atoms with van der Waals surface area (Å²) in [5.41, 5.74) is 2.48. The van der Waals surface area contributed by atoms with Crippen molar-refractivity contribution in [2.75, 3.05) is 5.32 Å². The van der Waals surface area contributed by atoms with E-state index in [9.17, 15) is 14.9 Å². The topological polar surface area (TPSA) is 101 Å². The van der Waals surface area contributed by atoms with Crippen molar-refractivity contribution in [2.24, 2.45) is 5.41 Å². The van der Waals surface area contributed by atoms with Crippen molar-refractivity contribution in [3.63, 3.8) is 0 Å². The van der Waals surface area contributed by atoms with Crippen LogP contribution in [0, 0.1) is 15.5 Å². The van der Waals surface area contributed by atoms with Crippen LogP contribution in [0.1, 0.15) is 52.8 Å². The van der Waals surface area contributed by atoms with E-state index in [1.54, 1.807) is 6.20 Å². The maximum absolute atomic E-state index is 13.9. The molecule has 1 aromatic heterocycles. The number of benzene rings is 3. The van der Waals surface area contributed by atoms with Crippen molar-refractivity contribution < 1.29 is 9.72 Å². The number of anilines is 1. The first-order valence-corrected chi connectivity index (χ1v) is 12.6. The molecule has 0 fully saturated rings. The number of nitro groups is 1. The highest BCUT2D eigenvalue weighted by Gasteiger charge is 2.67. The molecule has 1 unspecified atom stereocenters. The third-order valence-electron chi connectivity index (χ3n) is 7.69. The predicted molar refractivity (Wildman–Crippen MR) is 139 cm³/mol. The van der Waals surface area contributed by atoms with E-state index >= 15 is 0 Å². The molecule has 0 radical (unpaired) electrons. The molecule has 3 aromatic carbocycles. The van der Waals surface area contributed by atoms with E-state index in [2.05, 4.69) is 31.2 Å². The van der Waals surface area contributed by atoms with Crippen LogP contribution in [0.25, 0.3) is 0 Å². The standard InChI is InChI=1S/C28H23BrN4O3/c1-27(25(34)32-26-30-15-19(31-26)14-17-10-12-18(29)13-11-17)16-28(33(35)36)22-8-4-2-6-20(22)24(27)21-7-3-5-9-23(21)28/h2-13,15,24H,14,16H2,1H3,(H2,30,31,32,34). The van der Waals surface area contributed by atoms with Gasteiger partial charge in [-0.1, -0.05) is 76.6 Å². The second-order valence-corrected chi connectivity index (χ2v) is 10.7. The van der Waals surface area contributed by atoms with Crippen LogP contribution in [0.15, 0.2) is 83.5 Å². The van der Waals surface area contributed by atoms with Gasteiger partial charge in [0.2, 0.25) is 11.9 Å². The smallest absolute Gasteiger partial charge is 0.273 e. The molecule has 0 saturated heterocycles. The second-order valence-electron chi connectivity index (χ2n) is 9.83. The van der Waals surface area contributed by atoms with Crippen molar-refractivity contribution in [2.45, 2.75) is 31.2 Å². The van der Waals surface area contributed by atoms with Crippen LogP contribution in [0.4, 0.5) is 5.95 Å². The highest BCUT2D eigenvalue weighted by molar-refractivity contribution is 9.10. The monoisotopic (exact) mass is 542 g/mol. The number of rotatable bonds is 5. The Bertz CT molecular complexity index is 1470. The fraction of sp³-hybridized carbons (Fsp3) is 0.214. The van der Waals surface area contributed by atoms with E-state index < -0.39 is 11.0 Å². The van der Waals surface area contributed by atoms with Crippen LogP contribution >= 0.6 is 15.9 Å². The second kappa shape index (κ2) is 8.13. The number of nitrogens with one attached hydrogen (secondary N) is 2. The molecule has 1 atom stereocenters. The molecule has 0 aliphatic heterocycles. The highest BCUT2D eigenvalue weighted by Crippen LogP contribution is 2.63. The van der Waals surface area contributed by atoms with Crippen molar-refractivity contribution in [1.29, 1.82) is 0 Å². The zero-order valence-corrected chi connectivity index (χ0v) is 21.1. The van der Waals surface area contributed by atoms with Gasteiger partial charge in [-0.3, -0.25) is 20.2 Å². The summed E-state index contributed by atoms with van der Waals surface area (Å²) in [6, 6.07) is 22.9. The lowest BCUT2D eigenvalue weighted by molar-refractivity contribution is -0.573. The summed E-state index contributed by atoms with van der Waals surface area (Å²) in [5, 5.41) is 15.7. The third kappa shape index (κ3) is 3.24. The molecule has 4 aromatic rings. The Morgan fingerprint density at radius 3 is 2.31 bits per heavy atom. The summed E-state index contributed by atoms with van der Waals surface area (Å²) in [4.78, 5) is 34.0. The molecule has 0 saturated carbocycles. The maximum Gasteiger partial charge on any atom is 0.273 e. The van der Waals surface area contributed by atoms with Gasteiger partial charge in [0.25, 0.3) is 5.54 Å². The van der Waals surface area contributed by atoms with E-state index in [-0.39, 0.29) is 23.2 Å². The first-order valence-electron chi connectivity index (χ1n) is 11.8. The molecule has 1 heterocycles. The number of fused-ring (bicyclic) bond motifs is 1. The lowest BCUT2D eigenvalue weighted by Gasteiger charge is -2.52. The van der Waals surface area contributed by atoms with Crippen LogP contribution < -0.4 is 5.32 Å². The Balaban J connectivity index is 1.36. The largest absolute Gasteiger partial charge is 0.328 e. The van der Waals surface area contributed by atoms with Gasteiger partial charge in [0.15, 0.2) is 0 Å². The lowest BCUT2D eigenvalue weighted by atomic mass is 9.49. The molecule has 36 heavy (non-hydrogen) atoms. The molecule has 7 rings (SSSR count). The first-order chi connectivity index (χ1) is 17.3. The summed E-state index contributed by atoms with van der Waals surface area (Å²) in [6.45, 7) is 1.84. The third-order valence-corrected chi connectivity index (χ3v) is 8.22. The molecule has 0 spiro atoms. The number of amides is 1. The first kappa shape index (κ1) is 22.7. The zero-order valence-electron chi connectivity index (χ0n) is 19.5. The molecule has 7 nitrogen and oxygen atoms in total. The number of nitrogens with zero attached hydrogens (tertiary/aromatic N) is 2. The summed E-state index contributed by atoms with van der Waals surface area (Å²) < 4.78 is 1.01. The van der Waals surface area contributed by atoms with Crippen molar-refractivity contribution in [3.05, 3.63) is 127 Å². The molecule has 180 valence electrons. The average Bonchev–Trinajstić information content (AvgIpc) is 3.32. The molecule has 3 aliphatic rings. The molecule has 1 amide bonds. The average molecular weight is 543 g/mol. The van der Waals surface area contributed by atoms with Gasteiger partial charge in [-0.25, -0.2) is 4.98 Å². The van der Waals surface area contributed by atoms with Crippen LogP contribution in [-0.2, 0) is 16.8 Å². The number of aromatic nitrogens is 2. The van der Waals surface area contributed by atoms with E-state index in [1.807, 2.05) is 79.7 Å². The Labute approximate surface area is 216 Å². The lowest BCUT2D eigenvalue weighted by Crippen LogP contribution is -2.57. The summed E-state index contributed by atoms with van der Waals surface area (Å²) in [5.74, 6) is -0.247. The van der Waals surface area contributed by atoms with Gasteiger partial charge in [0.1, 0.15) is 0 Å². The van der Waals surface area contributed by atoms with E-state index in [0.717, 1.165) is 26.9 Å². The minimum absolute atomic E-state index is 0.0734. The number of carbonyl (C=O) groups excluding carboxylic acids is 1. The van der Waals surface area contributed by atoms with Crippen molar-refractivity contribution in [3.8, 4) is 0 Å². The van der Waals surface area contributed by atoms with Crippen LogP contribution in [0.5, 0.6) is 0 Å². The normalized spacial score (nSPS) is 23.6. The van der Waals surface area contributed by atoms with Gasteiger partial charge >= 0.3 is 0 Å². The van der Waals surface area contributed by atoms with Gasteiger partial charge in [-0.2, -0.15) is 0 Å². The number of aromatic amines is 1. The number of H-pyrrole nitrogens is 1. The SMILES string of the molecule is CC1(C(=O)Nc2ncc(Cc3ccc(Br)cc3)[nH]2)CC2([N+](=O)[O-])c3ccccc3C1c1ccccc12. The molecule has 2 bridgehead atoms. The van der Waals surface area contributed by atoms with E-state index in [0.29, 0.717) is 23.5 Å². The molecule has 2 N–H and O–H groups in total. The van der Waals surface area contributed by atoms with Gasteiger partial charge in [-0.05, 0) is 35.7 Å². The summed E-state index contributed by atoms with van der Waals surface area (Å²) >= 11 is 3.44. The quantitative estimate of drug-likeness (QED) is 0.246. The number of halogens is 1. The van der Waals surface area contributed by atoms with Crippen LogP contribution in [0.2, 0.25) is 0 Å². The Morgan fingerprint density at radius 1 is 1.08 bits per heavy atom. The number of carbonyl (C=O) groups is 1. The minimum atomic E-state index is -1.48. The number of imidazole rings is 1. The van der Waals surface area contributed by atoms with Crippen LogP contribution in [0.3, 0.4) is 0 Å². The predicted octanol–water partition coefficient (Wildman–Crippen LogP) is 5.78. The van der Waals surface area contributed by atoms with Crippen molar-refractivity contribution in [1.82, 2.24) is 9.97 Å². The molecular weight excluding hydrogens is 520 g/mol. The van der Waals surface area contributed by atoms with Gasteiger partial charge in [-0.15, -0.1) is 0 Å². The van der Waals surface area contributed by atoms with E-state index in [1.165, 1.54) is 0 Å². The maximum atomic E-state index is 13.9. The molecule has 3 aliphatic carbocycles. The fourth-order valence-corrected chi connectivity index (χ4v) is 6.40. The van der Waals surface area contributed by atoms with Crippen molar-refractivity contribution >= 4 is 27.8 Å². The highest BCUT2D eigenvalue weighted by atomic mass is 79.9. The Hall–Kier alpha value is -3.78. The summed E-state index contributed by atoms with van der Waals surface area (Å²) in [7, 11) is 0. The Kier molecular flexibility index (Phi) is 5.12. The van der Waals surface area contributed by atoms with Gasteiger partial charge in [0, 0.05) is 45.0 Å². The minimum Gasteiger partial charge on any atom is -0.328 e. The molecule has 8 heteroatoms. The van der Waals surface area contributed by atoms with E-state index in [4.69, 9.17) is 0 Å². The zero-order chi connectivity index (χ0) is 25.1. The van der Waals surface area contributed by atoms with Crippen LogP contribution in [-0.4, -0.2) is 20.8 Å². The fourth-order valence-electron chi connectivity index (χ4n) is 6.13.